The van der Waals surface area contributed by atoms with Gasteiger partial charge < -0.3 is 9.47 Å². The third-order valence-electron chi connectivity index (χ3n) is 4.54. The summed E-state index contributed by atoms with van der Waals surface area (Å²) >= 11 is 2.24. The van der Waals surface area contributed by atoms with Crippen LogP contribution < -0.4 is 4.74 Å². The van der Waals surface area contributed by atoms with Crippen LogP contribution in [-0.4, -0.2) is 16.6 Å². The Kier molecular flexibility index (Phi) is 7.02. The van der Waals surface area contributed by atoms with Crippen molar-refractivity contribution in [3.8, 4) is 17.0 Å². The van der Waals surface area contributed by atoms with E-state index in [-0.39, 0.29) is 0 Å². The molecule has 0 bridgehead atoms. The number of aromatic nitrogens is 2. The Morgan fingerprint density at radius 1 is 0.929 bits per heavy atom. The number of aryl methyl sites for hydroxylation is 3. The maximum atomic E-state index is 6.01. The topological polar surface area (TPSA) is 44.2 Å². The highest BCUT2D eigenvalue weighted by Crippen LogP contribution is 2.29. The van der Waals surface area contributed by atoms with Crippen LogP contribution in [0.4, 0.5) is 0 Å². The average molecular weight is 488 g/mol. The lowest BCUT2D eigenvalue weighted by atomic mass is 9.95. The molecule has 146 valence electrons. The molecular formula is C23H25IN2O2. The van der Waals surface area contributed by atoms with Gasteiger partial charge in [-0.2, -0.15) is 4.98 Å². The van der Waals surface area contributed by atoms with Crippen LogP contribution in [0.2, 0.25) is 0 Å². The number of rotatable bonds is 7. The summed E-state index contributed by atoms with van der Waals surface area (Å²) in [6.45, 7) is 9.73. The highest BCUT2D eigenvalue weighted by atomic mass is 127. The van der Waals surface area contributed by atoms with Crippen LogP contribution in [0.5, 0.6) is 5.88 Å². The first-order valence-electron chi connectivity index (χ1n) is 9.38. The number of nitrogens with zero attached hydrogens (tertiary/aromatic N) is 2. The zero-order valence-corrected chi connectivity index (χ0v) is 18.9. The predicted molar refractivity (Wildman–Crippen MR) is 121 cm³/mol. The molecule has 0 saturated carbocycles. The maximum absolute atomic E-state index is 6.01. The third kappa shape index (κ3) is 4.89. The van der Waals surface area contributed by atoms with E-state index in [0.717, 1.165) is 20.7 Å². The van der Waals surface area contributed by atoms with Gasteiger partial charge in [0.15, 0.2) is 0 Å². The van der Waals surface area contributed by atoms with Gasteiger partial charge in [0.2, 0.25) is 5.88 Å². The standard InChI is InChI=1S/C23H25IN2O2/c1-5-27-14-19-12-18(10-11-21(19)20-9-7-6-8-15(20)2)13-28-23-22(24)16(3)25-17(4)26-23/h6-12H,5,13-14H2,1-4H3. The molecule has 0 aliphatic rings. The fourth-order valence-electron chi connectivity index (χ4n) is 3.12. The quantitative estimate of drug-likeness (QED) is 0.395. The van der Waals surface area contributed by atoms with Gasteiger partial charge in [0.1, 0.15) is 12.4 Å². The predicted octanol–water partition coefficient (Wildman–Crippen LogP) is 5.79. The lowest BCUT2D eigenvalue weighted by molar-refractivity contribution is 0.134. The van der Waals surface area contributed by atoms with Crippen LogP contribution >= 0.6 is 22.6 Å². The Bertz CT molecular complexity index is 973. The molecule has 3 rings (SSSR count). The summed E-state index contributed by atoms with van der Waals surface area (Å²) in [5, 5.41) is 0. The number of halogens is 1. The van der Waals surface area contributed by atoms with E-state index >= 15 is 0 Å². The van der Waals surface area contributed by atoms with Gasteiger partial charge in [-0.15, -0.1) is 0 Å². The Balaban J connectivity index is 1.88. The van der Waals surface area contributed by atoms with Crippen molar-refractivity contribution in [2.75, 3.05) is 6.61 Å². The van der Waals surface area contributed by atoms with Crippen LogP contribution in [0.15, 0.2) is 42.5 Å². The molecule has 1 heterocycles. The molecular weight excluding hydrogens is 463 g/mol. The van der Waals surface area contributed by atoms with Gasteiger partial charge >= 0.3 is 0 Å². The smallest absolute Gasteiger partial charge is 0.231 e. The lowest BCUT2D eigenvalue weighted by Crippen LogP contribution is -2.05. The van der Waals surface area contributed by atoms with Gasteiger partial charge in [-0.05, 0) is 84.2 Å². The first kappa shape index (κ1) is 20.7. The second-order valence-electron chi connectivity index (χ2n) is 6.71. The highest BCUT2D eigenvalue weighted by molar-refractivity contribution is 14.1. The average Bonchev–Trinajstić information content (AvgIpc) is 2.68. The van der Waals surface area contributed by atoms with Gasteiger partial charge in [-0.3, -0.25) is 0 Å². The second kappa shape index (κ2) is 9.47. The monoisotopic (exact) mass is 488 g/mol. The number of ether oxygens (including phenoxy) is 2. The fourth-order valence-corrected chi connectivity index (χ4v) is 3.52. The third-order valence-corrected chi connectivity index (χ3v) is 5.78. The first-order chi connectivity index (χ1) is 13.5. The molecule has 0 amide bonds. The van der Waals surface area contributed by atoms with E-state index in [9.17, 15) is 0 Å². The van der Waals surface area contributed by atoms with E-state index in [2.05, 4.69) is 81.9 Å². The van der Waals surface area contributed by atoms with Gasteiger partial charge in [0.05, 0.1) is 15.9 Å². The molecule has 0 N–H and O–H groups in total. The molecule has 28 heavy (non-hydrogen) atoms. The Labute approximate surface area is 180 Å². The van der Waals surface area contributed by atoms with Crippen LogP contribution in [0.3, 0.4) is 0 Å². The van der Waals surface area contributed by atoms with Crippen LogP contribution in [0.1, 0.15) is 35.1 Å². The zero-order chi connectivity index (χ0) is 20.1. The Morgan fingerprint density at radius 3 is 2.46 bits per heavy atom. The summed E-state index contributed by atoms with van der Waals surface area (Å²) < 4.78 is 12.7. The van der Waals surface area contributed by atoms with Crippen LogP contribution in [0.25, 0.3) is 11.1 Å². The lowest BCUT2D eigenvalue weighted by Gasteiger charge is -2.15. The normalized spacial score (nSPS) is 10.9. The summed E-state index contributed by atoms with van der Waals surface area (Å²) in [7, 11) is 0. The van der Waals surface area contributed by atoms with Gasteiger partial charge in [-0.25, -0.2) is 4.98 Å². The summed E-state index contributed by atoms with van der Waals surface area (Å²) in [5.41, 5.74) is 6.90. The van der Waals surface area contributed by atoms with Crippen molar-refractivity contribution in [1.29, 1.82) is 0 Å². The molecule has 3 aromatic rings. The Morgan fingerprint density at radius 2 is 1.71 bits per heavy atom. The van der Waals surface area contributed by atoms with E-state index in [4.69, 9.17) is 9.47 Å². The molecule has 0 aliphatic carbocycles. The minimum Gasteiger partial charge on any atom is -0.472 e. The van der Waals surface area contributed by atoms with Crippen molar-refractivity contribution < 1.29 is 9.47 Å². The van der Waals surface area contributed by atoms with E-state index in [1.807, 2.05) is 20.8 Å². The molecule has 5 heteroatoms. The maximum Gasteiger partial charge on any atom is 0.231 e. The molecule has 2 aromatic carbocycles. The van der Waals surface area contributed by atoms with Crippen molar-refractivity contribution in [3.63, 3.8) is 0 Å². The van der Waals surface area contributed by atoms with E-state index in [1.54, 1.807) is 0 Å². The number of benzene rings is 2. The second-order valence-corrected chi connectivity index (χ2v) is 7.79. The molecule has 1 aromatic heterocycles. The van der Waals surface area contributed by atoms with Gasteiger partial charge in [0.25, 0.3) is 0 Å². The minimum atomic E-state index is 0.457. The summed E-state index contributed by atoms with van der Waals surface area (Å²) in [6.07, 6.45) is 0. The molecule has 0 saturated heterocycles. The molecule has 0 aliphatic heterocycles. The summed E-state index contributed by atoms with van der Waals surface area (Å²) in [5.74, 6) is 1.36. The molecule has 4 nitrogen and oxygen atoms in total. The van der Waals surface area contributed by atoms with Gasteiger partial charge in [0, 0.05) is 6.61 Å². The SMILES string of the molecule is CCOCc1cc(COc2nc(C)nc(C)c2I)ccc1-c1ccccc1C. The minimum absolute atomic E-state index is 0.457. The van der Waals surface area contributed by atoms with Gasteiger partial charge in [-0.1, -0.05) is 36.4 Å². The van der Waals surface area contributed by atoms with Crippen molar-refractivity contribution in [2.24, 2.45) is 0 Å². The van der Waals surface area contributed by atoms with Crippen LogP contribution in [-0.2, 0) is 18.0 Å². The zero-order valence-electron chi connectivity index (χ0n) is 16.8. The molecule has 0 unspecified atom stereocenters. The van der Waals surface area contributed by atoms with E-state index in [0.29, 0.717) is 25.7 Å². The van der Waals surface area contributed by atoms with E-state index in [1.165, 1.54) is 22.3 Å². The van der Waals surface area contributed by atoms with Crippen LogP contribution in [0, 0.1) is 24.3 Å². The van der Waals surface area contributed by atoms with Crippen molar-refractivity contribution in [2.45, 2.75) is 40.9 Å². The van der Waals surface area contributed by atoms with Crippen molar-refractivity contribution >= 4 is 22.6 Å². The molecule has 0 spiro atoms. The fraction of sp³-hybridized carbons (Fsp3) is 0.304. The van der Waals surface area contributed by atoms with E-state index < -0.39 is 0 Å². The van der Waals surface area contributed by atoms with Crippen molar-refractivity contribution in [1.82, 2.24) is 9.97 Å². The highest BCUT2D eigenvalue weighted by Gasteiger charge is 2.12. The molecule has 0 atom stereocenters. The summed E-state index contributed by atoms with van der Waals surface area (Å²) in [4.78, 5) is 8.81. The largest absolute Gasteiger partial charge is 0.472 e. The Hall–Kier alpha value is -1.99. The first-order valence-corrected chi connectivity index (χ1v) is 10.5. The summed E-state index contributed by atoms with van der Waals surface area (Å²) in [6, 6.07) is 14.9. The van der Waals surface area contributed by atoms with Crippen molar-refractivity contribution in [3.05, 3.63) is 74.2 Å². The molecule has 0 radical (unpaired) electrons. The number of hydrogen-bond acceptors (Lipinski definition) is 4. The number of hydrogen-bond donors (Lipinski definition) is 0. The molecule has 0 fully saturated rings.